The molecule has 0 radical (unpaired) electrons. The maximum atomic E-state index is 13.4. The summed E-state index contributed by atoms with van der Waals surface area (Å²) in [4.78, 5) is 7.40. The predicted octanol–water partition coefficient (Wildman–Crippen LogP) is 5.73. The zero-order valence-electron chi connectivity index (χ0n) is 18.4. The zero-order chi connectivity index (χ0) is 25.4. The minimum atomic E-state index is -4.90. The molecule has 0 fully saturated rings. The zero-order valence-corrected chi connectivity index (χ0v) is 18.4. The molecule has 0 aliphatic carbocycles. The number of methoxy groups -OCH3 is 1. The van der Waals surface area contributed by atoms with Crippen molar-refractivity contribution in [2.24, 2.45) is 0 Å². The Kier molecular flexibility index (Phi) is 6.54. The number of fused-ring (bicyclic) bond motifs is 1. The molecule has 0 amide bonds. The summed E-state index contributed by atoms with van der Waals surface area (Å²) in [5.41, 5.74) is 0.0350. The molecule has 186 valence electrons. The van der Waals surface area contributed by atoms with Crippen molar-refractivity contribution in [3.8, 4) is 5.88 Å². The van der Waals surface area contributed by atoms with E-state index < -0.39 is 36.6 Å². The Hall–Kier alpha value is -3.47. The number of nitrogens with zero attached hydrogens (tertiary/aromatic N) is 3. The molecule has 1 aliphatic rings. The summed E-state index contributed by atoms with van der Waals surface area (Å²) in [7, 11) is 1.43. The topological polar surface area (TPSA) is 48.8 Å². The molecule has 4 rings (SSSR count). The second-order valence-electron chi connectivity index (χ2n) is 7.99. The van der Waals surface area contributed by atoms with E-state index in [2.05, 4.69) is 4.98 Å². The first-order valence-electron chi connectivity index (χ1n) is 10.5. The average molecular weight is 497 g/mol. The maximum Gasteiger partial charge on any atom is 0.416 e. The van der Waals surface area contributed by atoms with E-state index in [9.17, 15) is 31.4 Å². The first-order chi connectivity index (χ1) is 16.5. The molecule has 0 unspecified atom stereocenters. The van der Waals surface area contributed by atoms with Crippen molar-refractivity contribution in [1.29, 1.82) is 0 Å². The third kappa shape index (κ3) is 5.14. The number of ether oxygens (including phenoxy) is 1. The van der Waals surface area contributed by atoms with Crippen LogP contribution in [0, 0.1) is 0 Å². The largest absolute Gasteiger partial charge is 0.481 e. The van der Waals surface area contributed by atoms with Gasteiger partial charge in [0, 0.05) is 12.6 Å². The summed E-state index contributed by atoms with van der Waals surface area (Å²) >= 11 is 0. The first-order valence-corrected chi connectivity index (χ1v) is 10.5. The summed E-state index contributed by atoms with van der Waals surface area (Å²) in [5.74, 6) is 0.704. The lowest BCUT2D eigenvalue weighted by Gasteiger charge is -2.45. The number of halogens is 6. The summed E-state index contributed by atoms with van der Waals surface area (Å²) in [5, 5.41) is 9.87. The van der Waals surface area contributed by atoms with Gasteiger partial charge < -0.3 is 19.6 Å². The highest BCUT2D eigenvalue weighted by atomic mass is 19.4. The molecule has 5 nitrogen and oxygen atoms in total. The smallest absolute Gasteiger partial charge is 0.416 e. The van der Waals surface area contributed by atoms with E-state index in [1.54, 1.807) is 47.4 Å². The van der Waals surface area contributed by atoms with Gasteiger partial charge in [-0.2, -0.15) is 31.3 Å². The number of rotatable bonds is 5. The van der Waals surface area contributed by atoms with Crippen molar-refractivity contribution >= 4 is 17.2 Å². The van der Waals surface area contributed by atoms with Crippen LogP contribution in [0.3, 0.4) is 0 Å². The highest BCUT2D eigenvalue weighted by Gasteiger charge is 2.43. The molecule has 2 aromatic carbocycles. The first kappa shape index (κ1) is 24.6. The predicted molar refractivity (Wildman–Crippen MR) is 118 cm³/mol. The molecule has 2 heterocycles. The molecule has 0 saturated carbocycles. The lowest BCUT2D eigenvalue weighted by molar-refractivity contribution is -0.200. The number of hydrogen-bond acceptors (Lipinski definition) is 5. The van der Waals surface area contributed by atoms with E-state index in [0.29, 0.717) is 23.1 Å². The van der Waals surface area contributed by atoms with E-state index in [1.807, 2.05) is 0 Å². The summed E-state index contributed by atoms with van der Waals surface area (Å²) in [6.45, 7) is -0.885. The minimum absolute atomic E-state index is 0.0247. The summed E-state index contributed by atoms with van der Waals surface area (Å²) in [6.07, 6.45) is -12.2. The number of para-hydroxylation sites is 2. The Bertz CT molecular complexity index is 1180. The molecule has 0 bridgehead atoms. The molecule has 1 N–H and O–H groups in total. The van der Waals surface area contributed by atoms with E-state index in [0.717, 1.165) is 12.1 Å². The van der Waals surface area contributed by atoms with Gasteiger partial charge in [-0.25, -0.2) is 0 Å². The number of aliphatic hydroxyl groups is 1. The number of benzene rings is 2. The molecule has 1 aromatic heterocycles. The van der Waals surface area contributed by atoms with Gasteiger partial charge in [0.15, 0.2) is 6.10 Å². The van der Waals surface area contributed by atoms with Gasteiger partial charge in [-0.3, -0.25) is 0 Å². The molecule has 0 saturated heterocycles. The highest BCUT2D eigenvalue weighted by molar-refractivity contribution is 5.79. The van der Waals surface area contributed by atoms with Gasteiger partial charge in [-0.1, -0.05) is 30.3 Å². The number of hydrogen-bond donors (Lipinski definition) is 1. The molecule has 35 heavy (non-hydrogen) atoms. The van der Waals surface area contributed by atoms with E-state index in [4.69, 9.17) is 4.74 Å². The quantitative estimate of drug-likeness (QED) is 0.457. The van der Waals surface area contributed by atoms with Crippen LogP contribution in [0.15, 0.2) is 66.7 Å². The van der Waals surface area contributed by atoms with Gasteiger partial charge >= 0.3 is 12.4 Å². The van der Waals surface area contributed by atoms with Gasteiger partial charge in [0.05, 0.1) is 36.6 Å². The van der Waals surface area contributed by atoms with Gasteiger partial charge in [0.2, 0.25) is 5.88 Å². The molecule has 3 aromatic rings. The van der Waals surface area contributed by atoms with Crippen molar-refractivity contribution in [3.63, 3.8) is 0 Å². The number of anilines is 3. The number of aromatic nitrogens is 1. The van der Waals surface area contributed by atoms with Crippen molar-refractivity contribution in [1.82, 2.24) is 4.98 Å². The lowest BCUT2D eigenvalue weighted by Crippen LogP contribution is -2.48. The fourth-order valence-corrected chi connectivity index (χ4v) is 4.08. The Labute approximate surface area is 197 Å². The van der Waals surface area contributed by atoms with Crippen LogP contribution in [0.25, 0.3) is 0 Å². The molecule has 0 spiro atoms. The maximum absolute atomic E-state index is 13.4. The normalized spacial score (nSPS) is 17.2. The van der Waals surface area contributed by atoms with Crippen molar-refractivity contribution in [2.45, 2.75) is 24.5 Å². The van der Waals surface area contributed by atoms with Crippen LogP contribution in [0.2, 0.25) is 0 Å². The van der Waals surface area contributed by atoms with Crippen LogP contribution in [0.1, 0.15) is 17.2 Å². The average Bonchev–Trinajstić information content (AvgIpc) is 2.83. The summed E-state index contributed by atoms with van der Waals surface area (Å²) < 4.78 is 85.3. The van der Waals surface area contributed by atoms with Crippen molar-refractivity contribution in [3.05, 3.63) is 77.9 Å². The van der Waals surface area contributed by atoms with Gasteiger partial charge in [0.25, 0.3) is 0 Å². The molecule has 1 aliphatic heterocycles. The second-order valence-corrected chi connectivity index (χ2v) is 7.99. The van der Waals surface area contributed by atoms with E-state index in [1.165, 1.54) is 24.1 Å². The Balaban J connectivity index is 1.86. The van der Waals surface area contributed by atoms with Crippen LogP contribution in [0.4, 0.5) is 43.5 Å². The third-order valence-corrected chi connectivity index (χ3v) is 5.75. The monoisotopic (exact) mass is 497 g/mol. The van der Waals surface area contributed by atoms with Gasteiger partial charge in [0.1, 0.15) is 5.82 Å². The molecular formula is C24H21F6N3O2. The standard InChI is InChI=1S/C24H21F6N3O2/c1-35-22-11-5-10-21(31-22)33-13-19(15-6-4-7-16(12-15)23(25,26)27)32(14-20(34)24(28,29)30)17-8-2-3-9-18(17)33/h2-12,19-20,34H,13-14H2,1H3/t19-,20+/m0/s1. The van der Waals surface area contributed by atoms with E-state index >= 15 is 0 Å². The van der Waals surface area contributed by atoms with Crippen molar-refractivity contribution in [2.75, 3.05) is 30.0 Å². The van der Waals surface area contributed by atoms with Crippen LogP contribution >= 0.6 is 0 Å². The van der Waals surface area contributed by atoms with Crippen LogP contribution < -0.4 is 14.5 Å². The van der Waals surface area contributed by atoms with Crippen molar-refractivity contribution < 1.29 is 36.2 Å². The van der Waals surface area contributed by atoms with Gasteiger partial charge in [-0.15, -0.1) is 0 Å². The Morgan fingerprint density at radius 3 is 2.31 bits per heavy atom. The SMILES string of the molecule is COc1cccc(N2C[C@@H](c3cccc(C(F)(F)F)c3)N(C[C@@H](O)C(F)(F)F)c3ccccc32)n1. The fourth-order valence-electron chi connectivity index (χ4n) is 4.08. The fraction of sp³-hybridized carbons (Fsp3) is 0.292. The van der Waals surface area contributed by atoms with Crippen LogP contribution in [0.5, 0.6) is 5.88 Å². The third-order valence-electron chi connectivity index (χ3n) is 5.75. The Morgan fingerprint density at radius 2 is 1.66 bits per heavy atom. The second kappa shape index (κ2) is 9.29. The number of β-amino-alcohol motifs (C(OH)–C–C–N with tert-alkyl or cyclic N) is 1. The summed E-state index contributed by atoms with van der Waals surface area (Å²) in [6, 6.07) is 15.0. The van der Waals surface area contributed by atoms with Gasteiger partial charge in [-0.05, 0) is 35.9 Å². The number of pyridine rings is 1. The van der Waals surface area contributed by atoms with Crippen LogP contribution in [-0.2, 0) is 6.18 Å². The van der Waals surface area contributed by atoms with E-state index in [-0.39, 0.29) is 12.1 Å². The molecular weight excluding hydrogens is 476 g/mol. The lowest BCUT2D eigenvalue weighted by atomic mass is 9.97. The molecule has 11 heteroatoms. The Morgan fingerprint density at radius 1 is 0.971 bits per heavy atom. The molecule has 2 atom stereocenters. The minimum Gasteiger partial charge on any atom is -0.481 e. The van der Waals surface area contributed by atoms with Crippen LogP contribution in [-0.4, -0.2) is 42.6 Å². The highest BCUT2D eigenvalue weighted by Crippen LogP contribution is 2.45. The number of aliphatic hydroxyl groups excluding tert-OH is 1. The number of alkyl halides is 6.